The van der Waals surface area contributed by atoms with Gasteiger partial charge in [0.25, 0.3) is 0 Å². The summed E-state index contributed by atoms with van der Waals surface area (Å²) in [7, 11) is 1.61. The number of ether oxygens (including phenoxy) is 1. The molecule has 0 saturated carbocycles. The highest BCUT2D eigenvalue weighted by atomic mass is 19.1. The fourth-order valence-electron chi connectivity index (χ4n) is 3.26. The summed E-state index contributed by atoms with van der Waals surface area (Å²) in [6.07, 6.45) is 1.17. The van der Waals surface area contributed by atoms with Crippen LogP contribution in [0.3, 0.4) is 0 Å². The number of nitrogens with zero attached hydrogens (tertiary/aromatic N) is 3. The number of fused-ring (bicyclic) bond motifs is 1. The van der Waals surface area contributed by atoms with E-state index in [0.717, 1.165) is 11.4 Å². The van der Waals surface area contributed by atoms with E-state index < -0.39 is 6.29 Å². The van der Waals surface area contributed by atoms with Gasteiger partial charge in [-0.1, -0.05) is 12.1 Å². The zero-order valence-electron chi connectivity index (χ0n) is 16.6. The van der Waals surface area contributed by atoms with Crippen molar-refractivity contribution >= 4 is 28.8 Å². The van der Waals surface area contributed by atoms with Gasteiger partial charge in [-0.25, -0.2) is 9.37 Å². The van der Waals surface area contributed by atoms with Crippen molar-refractivity contribution in [3.8, 4) is 5.75 Å². The topological polar surface area (TPSA) is 94.6 Å². The van der Waals surface area contributed by atoms with E-state index in [9.17, 15) is 9.50 Å². The number of hydrogen-bond donors (Lipinski definition) is 4. The molecule has 0 fully saturated rings. The summed E-state index contributed by atoms with van der Waals surface area (Å²) in [5.41, 5.74) is 1.84. The van der Waals surface area contributed by atoms with E-state index in [-0.39, 0.29) is 18.5 Å². The molecule has 8 nitrogen and oxygen atoms in total. The maximum atomic E-state index is 14.1. The van der Waals surface area contributed by atoms with Crippen LogP contribution in [0.5, 0.6) is 5.75 Å². The molecule has 2 heterocycles. The zero-order chi connectivity index (χ0) is 21.1. The number of halogens is 1. The molecule has 30 heavy (non-hydrogen) atoms. The van der Waals surface area contributed by atoms with Crippen LogP contribution < -0.4 is 25.6 Å². The van der Waals surface area contributed by atoms with E-state index >= 15 is 0 Å². The van der Waals surface area contributed by atoms with Gasteiger partial charge >= 0.3 is 0 Å². The second-order valence-corrected chi connectivity index (χ2v) is 6.89. The maximum absolute atomic E-state index is 14.1. The lowest BCUT2D eigenvalue weighted by molar-refractivity contribution is 0.264. The molecule has 1 unspecified atom stereocenters. The van der Waals surface area contributed by atoms with E-state index in [1.807, 2.05) is 36.1 Å². The third-order valence-corrected chi connectivity index (χ3v) is 4.83. The molecule has 1 aromatic heterocycles. The molecule has 1 aliphatic heterocycles. The van der Waals surface area contributed by atoms with Crippen LogP contribution in [0, 0.1) is 5.82 Å². The van der Waals surface area contributed by atoms with E-state index in [4.69, 9.17) is 4.74 Å². The highest BCUT2D eigenvalue weighted by molar-refractivity contribution is 5.75. The van der Waals surface area contributed by atoms with Crippen LogP contribution in [-0.4, -0.2) is 41.1 Å². The van der Waals surface area contributed by atoms with Gasteiger partial charge in [0.1, 0.15) is 11.6 Å². The second kappa shape index (κ2) is 8.42. The molecular weight excluding hydrogens is 387 g/mol. The van der Waals surface area contributed by atoms with E-state index in [2.05, 4.69) is 25.9 Å². The highest BCUT2D eigenvalue weighted by Crippen LogP contribution is 2.35. The van der Waals surface area contributed by atoms with Crippen LogP contribution in [0.25, 0.3) is 0 Å². The molecule has 0 bridgehead atoms. The number of methoxy groups -OCH3 is 1. The fraction of sp³-hybridized carbons (Fsp3) is 0.238. The summed E-state index contributed by atoms with van der Waals surface area (Å²) in [4.78, 5) is 10.8. The van der Waals surface area contributed by atoms with Gasteiger partial charge in [0, 0.05) is 5.69 Å². The Balaban J connectivity index is 1.59. The van der Waals surface area contributed by atoms with E-state index in [0.29, 0.717) is 23.1 Å². The molecule has 2 aromatic carbocycles. The molecule has 0 aliphatic carbocycles. The Morgan fingerprint density at radius 1 is 1.23 bits per heavy atom. The molecular formula is C21H23FN6O2. The highest BCUT2D eigenvalue weighted by Gasteiger charge is 2.34. The molecule has 2 atom stereocenters. The Labute approximate surface area is 173 Å². The zero-order valence-corrected chi connectivity index (χ0v) is 16.6. The first-order valence-corrected chi connectivity index (χ1v) is 9.54. The van der Waals surface area contributed by atoms with Crippen LogP contribution in [0.15, 0.2) is 54.7 Å². The first-order chi connectivity index (χ1) is 14.6. The van der Waals surface area contributed by atoms with Gasteiger partial charge < -0.3 is 30.7 Å². The molecule has 0 amide bonds. The largest absolute Gasteiger partial charge is 0.497 e. The smallest absolute Gasteiger partial charge is 0.229 e. The van der Waals surface area contributed by atoms with Gasteiger partial charge in [-0.2, -0.15) is 4.98 Å². The lowest BCUT2D eigenvalue weighted by Gasteiger charge is -2.31. The van der Waals surface area contributed by atoms with Crippen molar-refractivity contribution in [3.05, 3.63) is 60.5 Å². The predicted octanol–water partition coefficient (Wildman–Crippen LogP) is 3.38. The first kappa shape index (κ1) is 19.7. The quantitative estimate of drug-likeness (QED) is 0.471. The summed E-state index contributed by atoms with van der Waals surface area (Å²) in [5.74, 6) is 1.41. The number of benzene rings is 2. The number of rotatable bonds is 7. The molecule has 9 heteroatoms. The van der Waals surface area contributed by atoms with E-state index in [1.165, 1.54) is 6.07 Å². The lowest BCUT2D eigenvalue weighted by atomic mass is 10.3. The molecule has 4 rings (SSSR count). The summed E-state index contributed by atoms with van der Waals surface area (Å²) in [6, 6.07) is 13.6. The summed E-state index contributed by atoms with van der Waals surface area (Å²) < 4.78 is 19.3. The number of anilines is 5. The summed E-state index contributed by atoms with van der Waals surface area (Å²) in [6.45, 7) is 1.77. The van der Waals surface area contributed by atoms with Gasteiger partial charge in [-0.15, -0.1) is 0 Å². The molecule has 156 valence electrons. The van der Waals surface area contributed by atoms with E-state index in [1.54, 1.807) is 31.5 Å². The number of para-hydroxylation sites is 1. The van der Waals surface area contributed by atoms with Gasteiger partial charge in [-0.05, 0) is 43.3 Å². The van der Waals surface area contributed by atoms with Crippen LogP contribution >= 0.6 is 0 Å². The molecule has 0 spiro atoms. The van der Waals surface area contributed by atoms with Crippen molar-refractivity contribution < 1.29 is 14.2 Å². The normalized spacial score (nSPS) is 15.9. The van der Waals surface area contributed by atoms with Crippen LogP contribution in [-0.2, 0) is 0 Å². The fourth-order valence-corrected chi connectivity index (χ4v) is 3.26. The minimum Gasteiger partial charge on any atom is -0.497 e. The summed E-state index contributed by atoms with van der Waals surface area (Å²) >= 11 is 0. The average molecular weight is 410 g/mol. The monoisotopic (exact) mass is 410 g/mol. The van der Waals surface area contributed by atoms with Gasteiger partial charge in [-0.3, -0.25) is 0 Å². The van der Waals surface area contributed by atoms with Crippen molar-refractivity contribution in [2.75, 3.05) is 34.6 Å². The number of nitrogens with one attached hydrogen (secondary N) is 3. The number of aromatic nitrogens is 2. The minimum atomic E-state index is -0.496. The van der Waals surface area contributed by atoms with Gasteiger partial charge in [0.2, 0.25) is 5.95 Å². The van der Waals surface area contributed by atoms with Crippen LogP contribution in [0.4, 0.5) is 33.2 Å². The molecule has 4 N–H and O–H groups in total. The third-order valence-electron chi connectivity index (χ3n) is 4.83. The Hall–Kier alpha value is -3.59. The SMILES string of the molecule is COc1ccc(Nc2ncc3c(n2)N([C@@H](C)CO)C(Nc2ccccc2F)N3)cc1. The summed E-state index contributed by atoms with van der Waals surface area (Å²) in [5, 5.41) is 19.3. The molecule has 0 saturated heterocycles. The van der Waals surface area contributed by atoms with Crippen molar-refractivity contribution in [2.24, 2.45) is 0 Å². The van der Waals surface area contributed by atoms with Crippen LogP contribution in [0.1, 0.15) is 6.92 Å². The van der Waals surface area contributed by atoms with Crippen molar-refractivity contribution in [1.29, 1.82) is 0 Å². The first-order valence-electron chi connectivity index (χ1n) is 9.54. The van der Waals surface area contributed by atoms with Crippen molar-refractivity contribution in [1.82, 2.24) is 9.97 Å². The average Bonchev–Trinajstić information content (AvgIpc) is 3.12. The molecule has 0 radical (unpaired) electrons. The molecule has 1 aliphatic rings. The van der Waals surface area contributed by atoms with Crippen molar-refractivity contribution in [3.63, 3.8) is 0 Å². The lowest BCUT2D eigenvalue weighted by Crippen LogP contribution is -2.48. The third kappa shape index (κ3) is 3.92. The Bertz CT molecular complexity index is 1020. The maximum Gasteiger partial charge on any atom is 0.229 e. The van der Waals surface area contributed by atoms with Gasteiger partial charge in [0.15, 0.2) is 12.1 Å². The minimum absolute atomic E-state index is 0.0954. The predicted molar refractivity (Wildman–Crippen MR) is 115 cm³/mol. The van der Waals surface area contributed by atoms with Crippen molar-refractivity contribution in [2.45, 2.75) is 19.3 Å². The number of hydrogen-bond acceptors (Lipinski definition) is 8. The Kier molecular flexibility index (Phi) is 5.53. The number of aliphatic hydroxyl groups is 1. The second-order valence-electron chi connectivity index (χ2n) is 6.89. The van der Waals surface area contributed by atoms with Crippen LogP contribution in [0.2, 0.25) is 0 Å². The Morgan fingerprint density at radius 2 is 2.00 bits per heavy atom. The van der Waals surface area contributed by atoms with Gasteiger partial charge in [0.05, 0.1) is 37.3 Å². The standard InChI is InChI=1S/C21H23FN6O2/c1-13(12-29)28-19-18(26-21(28)25-17-6-4-3-5-16(17)22)11-23-20(27-19)24-14-7-9-15(30-2)10-8-14/h3-11,13,21,25-26,29H,12H2,1-2H3,(H,23,24,27)/t13-,21?/m0/s1. The number of aliphatic hydroxyl groups excluding tert-OH is 1. The Morgan fingerprint density at radius 3 is 2.70 bits per heavy atom. The molecule has 3 aromatic rings.